The van der Waals surface area contributed by atoms with Crippen molar-refractivity contribution >= 4 is 40.0 Å². The molecule has 2 heterocycles. The molecule has 7 nitrogen and oxygen atoms in total. The topological polar surface area (TPSA) is 79.5 Å². The smallest absolute Gasteiger partial charge is 0.233 e. The van der Waals surface area contributed by atoms with Crippen LogP contribution in [0.2, 0.25) is 0 Å². The Balaban J connectivity index is 1.53. The highest BCUT2D eigenvalue weighted by atomic mass is 32.2. The molecule has 0 saturated heterocycles. The Morgan fingerprint density at radius 3 is 2.83 bits per heavy atom. The number of aromatic nitrogens is 2. The molecule has 2 amide bonds. The molecule has 0 N–H and O–H groups in total. The first-order valence-electron chi connectivity index (χ1n) is 7.57. The predicted octanol–water partition coefficient (Wildman–Crippen LogP) is 2.40. The molecule has 2 aromatic heterocycles. The lowest BCUT2D eigenvalue weighted by molar-refractivity contribution is -0.127. The van der Waals surface area contributed by atoms with Gasteiger partial charge in [0.15, 0.2) is 4.34 Å². The molecule has 0 atom stereocenters. The van der Waals surface area contributed by atoms with Crippen LogP contribution in [0.4, 0.5) is 5.13 Å². The summed E-state index contributed by atoms with van der Waals surface area (Å²) in [5.74, 6) is 0.990. The highest BCUT2D eigenvalue weighted by molar-refractivity contribution is 8.01. The van der Waals surface area contributed by atoms with Crippen molar-refractivity contribution in [3.63, 3.8) is 0 Å². The summed E-state index contributed by atoms with van der Waals surface area (Å²) in [4.78, 5) is 27.2. The van der Waals surface area contributed by atoms with Gasteiger partial charge in [-0.15, -0.1) is 10.2 Å². The third-order valence-electron chi connectivity index (χ3n) is 3.57. The van der Waals surface area contributed by atoms with Crippen LogP contribution in [0.15, 0.2) is 27.2 Å². The van der Waals surface area contributed by atoms with Crippen molar-refractivity contribution in [3.05, 3.63) is 24.2 Å². The molecule has 0 aliphatic heterocycles. The average molecular weight is 366 g/mol. The van der Waals surface area contributed by atoms with Crippen LogP contribution in [0.25, 0.3) is 0 Å². The van der Waals surface area contributed by atoms with Crippen LogP contribution in [-0.4, -0.2) is 45.8 Å². The van der Waals surface area contributed by atoms with E-state index in [-0.39, 0.29) is 23.6 Å². The van der Waals surface area contributed by atoms with Crippen LogP contribution in [-0.2, 0) is 16.1 Å². The summed E-state index contributed by atoms with van der Waals surface area (Å²) in [7, 11) is 1.74. The van der Waals surface area contributed by atoms with Gasteiger partial charge >= 0.3 is 0 Å². The molecule has 1 fully saturated rings. The summed E-state index contributed by atoms with van der Waals surface area (Å²) in [5.41, 5.74) is 0. The fraction of sp³-hybridized carbons (Fsp3) is 0.467. The van der Waals surface area contributed by atoms with Gasteiger partial charge in [-0.1, -0.05) is 23.1 Å². The van der Waals surface area contributed by atoms with Crippen molar-refractivity contribution in [2.75, 3.05) is 17.7 Å². The van der Waals surface area contributed by atoms with Gasteiger partial charge in [0.2, 0.25) is 16.9 Å². The van der Waals surface area contributed by atoms with Crippen molar-refractivity contribution in [2.24, 2.45) is 0 Å². The van der Waals surface area contributed by atoms with Crippen LogP contribution < -0.4 is 4.90 Å². The summed E-state index contributed by atoms with van der Waals surface area (Å²) in [5, 5.41) is 8.80. The minimum absolute atomic E-state index is 0.0144. The summed E-state index contributed by atoms with van der Waals surface area (Å²) in [6.07, 6.45) is 3.61. The van der Waals surface area contributed by atoms with Crippen LogP contribution in [0, 0.1) is 0 Å². The zero-order valence-corrected chi connectivity index (χ0v) is 15.1. The van der Waals surface area contributed by atoms with Crippen LogP contribution in [0.5, 0.6) is 0 Å². The Morgan fingerprint density at radius 2 is 2.21 bits per heavy atom. The van der Waals surface area contributed by atoms with Crippen molar-refractivity contribution < 1.29 is 14.0 Å². The third-order valence-corrected chi connectivity index (χ3v) is 5.61. The maximum Gasteiger partial charge on any atom is 0.233 e. The molecule has 9 heteroatoms. The first-order valence-corrected chi connectivity index (χ1v) is 9.37. The molecule has 0 unspecified atom stereocenters. The number of carbonyl (C=O) groups excluding carboxylic acids is 2. The van der Waals surface area contributed by atoms with E-state index in [2.05, 4.69) is 10.2 Å². The fourth-order valence-electron chi connectivity index (χ4n) is 2.20. The maximum absolute atomic E-state index is 12.2. The monoisotopic (exact) mass is 366 g/mol. The molecule has 1 aliphatic rings. The molecule has 128 valence electrons. The van der Waals surface area contributed by atoms with Gasteiger partial charge in [0.05, 0.1) is 18.6 Å². The van der Waals surface area contributed by atoms with E-state index >= 15 is 0 Å². The zero-order chi connectivity index (χ0) is 17.1. The summed E-state index contributed by atoms with van der Waals surface area (Å²) >= 11 is 2.69. The number of anilines is 1. The van der Waals surface area contributed by atoms with Crippen LogP contribution in [0.3, 0.4) is 0 Å². The molecule has 0 spiro atoms. The number of hydrogen-bond acceptors (Lipinski definition) is 7. The largest absolute Gasteiger partial charge is 0.467 e. The van der Waals surface area contributed by atoms with Gasteiger partial charge < -0.3 is 9.32 Å². The molecule has 1 aliphatic carbocycles. The van der Waals surface area contributed by atoms with Crippen molar-refractivity contribution in [1.29, 1.82) is 0 Å². The van der Waals surface area contributed by atoms with Gasteiger partial charge in [-0.3, -0.25) is 14.5 Å². The number of thioether (sulfide) groups is 1. The third kappa shape index (κ3) is 4.15. The quantitative estimate of drug-likeness (QED) is 0.553. The lowest BCUT2D eigenvalue weighted by Gasteiger charge is -2.15. The van der Waals surface area contributed by atoms with E-state index in [0.29, 0.717) is 16.0 Å². The second kappa shape index (κ2) is 7.35. The Labute approximate surface area is 148 Å². The van der Waals surface area contributed by atoms with Gasteiger partial charge in [-0.25, -0.2) is 0 Å². The second-order valence-electron chi connectivity index (χ2n) is 5.59. The normalized spacial score (nSPS) is 13.8. The fourth-order valence-corrected chi connectivity index (χ4v) is 4.09. The van der Waals surface area contributed by atoms with E-state index in [1.54, 1.807) is 36.1 Å². The number of amides is 2. The van der Waals surface area contributed by atoms with E-state index in [9.17, 15) is 9.59 Å². The minimum atomic E-state index is -0.0150. The lowest BCUT2D eigenvalue weighted by atomic mass is 10.4. The van der Waals surface area contributed by atoms with Gasteiger partial charge in [-0.05, 0) is 25.0 Å². The van der Waals surface area contributed by atoms with Crippen molar-refractivity contribution in [3.8, 4) is 0 Å². The number of nitrogens with zero attached hydrogens (tertiary/aromatic N) is 4. The Hall–Kier alpha value is -1.87. The Kier molecular flexibility index (Phi) is 5.20. The van der Waals surface area contributed by atoms with E-state index in [1.165, 1.54) is 23.1 Å². The first-order chi connectivity index (χ1) is 11.5. The standard InChI is InChI=1S/C15H18N4O3S2/c1-10(20)19(11-5-6-11)14-16-17-15(24-14)23-9-13(21)18(2)8-12-4-3-7-22-12/h3-4,7,11H,5-6,8-9H2,1-2H3. The lowest BCUT2D eigenvalue weighted by Crippen LogP contribution is -2.30. The van der Waals surface area contributed by atoms with E-state index in [1.807, 2.05) is 6.07 Å². The first kappa shape index (κ1) is 17.0. The SMILES string of the molecule is CC(=O)N(c1nnc(SCC(=O)N(C)Cc2ccco2)s1)C1CC1. The molecule has 2 aromatic rings. The Bertz CT molecular complexity index is 712. The predicted molar refractivity (Wildman–Crippen MR) is 92.0 cm³/mol. The van der Waals surface area contributed by atoms with Crippen molar-refractivity contribution in [2.45, 2.75) is 36.7 Å². The number of rotatable bonds is 7. The Morgan fingerprint density at radius 1 is 1.42 bits per heavy atom. The maximum atomic E-state index is 12.2. The molecule has 24 heavy (non-hydrogen) atoms. The van der Waals surface area contributed by atoms with Gasteiger partial charge in [-0.2, -0.15) is 0 Å². The van der Waals surface area contributed by atoms with Crippen LogP contribution >= 0.6 is 23.1 Å². The zero-order valence-electron chi connectivity index (χ0n) is 13.5. The van der Waals surface area contributed by atoms with Crippen molar-refractivity contribution in [1.82, 2.24) is 15.1 Å². The number of hydrogen-bond donors (Lipinski definition) is 0. The van der Waals surface area contributed by atoms with E-state index in [0.717, 1.165) is 18.6 Å². The summed E-state index contributed by atoms with van der Waals surface area (Å²) in [6, 6.07) is 3.89. The van der Waals surface area contributed by atoms with E-state index < -0.39 is 0 Å². The molecular weight excluding hydrogens is 348 g/mol. The second-order valence-corrected chi connectivity index (χ2v) is 7.77. The molecule has 1 saturated carbocycles. The molecular formula is C15H18N4O3S2. The highest BCUT2D eigenvalue weighted by Crippen LogP contribution is 2.35. The molecule has 0 radical (unpaired) electrons. The minimum Gasteiger partial charge on any atom is -0.467 e. The van der Waals surface area contributed by atoms with Gasteiger partial charge in [0, 0.05) is 20.0 Å². The number of carbonyl (C=O) groups is 2. The molecule has 3 rings (SSSR count). The molecule has 0 aromatic carbocycles. The highest BCUT2D eigenvalue weighted by Gasteiger charge is 2.34. The summed E-state index contributed by atoms with van der Waals surface area (Å²) in [6.45, 7) is 1.98. The van der Waals surface area contributed by atoms with Gasteiger partial charge in [0.1, 0.15) is 5.76 Å². The van der Waals surface area contributed by atoms with Gasteiger partial charge in [0.25, 0.3) is 0 Å². The van der Waals surface area contributed by atoms with Crippen LogP contribution in [0.1, 0.15) is 25.5 Å². The summed E-state index contributed by atoms with van der Waals surface area (Å²) < 4.78 is 5.93. The number of furan rings is 1. The van der Waals surface area contributed by atoms with E-state index in [4.69, 9.17) is 4.42 Å². The molecule has 0 bridgehead atoms. The average Bonchev–Trinajstić information content (AvgIpc) is 3.04.